The van der Waals surface area contributed by atoms with Crippen LogP contribution >= 0.6 is 0 Å². The number of nitrogens with one attached hydrogen (secondary N) is 1. The van der Waals surface area contributed by atoms with E-state index >= 15 is 0 Å². The van der Waals surface area contributed by atoms with Crippen LogP contribution in [0, 0.1) is 0 Å². The first-order chi connectivity index (χ1) is 12.9. The first kappa shape index (κ1) is 16.5. The lowest BCUT2D eigenvalue weighted by atomic mass is 10.1. The van der Waals surface area contributed by atoms with Crippen molar-refractivity contribution >= 4 is 11.8 Å². The molecule has 6 nitrogen and oxygen atoms in total. The smallest absolute Gasteiger partial charge is 0.228 e. The van der Waals surface area contributed by atoms with Crippen LogP contribution in [-0.4, -0.2) is 41.3 Å². The Morgan fingerprint density at radius 3 is 2.54 bits per heavy atom. The zero-order valence-corrected chi connectivity index (χ0v) is 14.5. The highest BCUT2D eigenvalue weighted by atomic mass is 16.5. The van der Waals surface area contributed by atoms with Gasteiger partial charge >= 0.3 is 0 Å². The molecule has 3 aromatic rings. The van der Waals surface area contributed by atoms with Crippen LogP contribution in [0.25, 0.3) is 11.3 Å². The van der Waals surface area contributed by atoms with Gasteiger partial charge in [-0.3, -0.25) is 4.98 Å². The molecule has 2 aromatic heterocycles. The summed E-state index contributed by atoms with van der Waals surface area (Å²) in [5.41, 5.74) is 2.95. The lowest BCUT2D eigenvalue weighted by Gasteiger charge is -2.27. The molecule has 1 fully saturated rings. The van der Waals surface area contributed by atoms with Crippen LogP contribution < -0.4 is 10.2 Å². The molecule has 0 atom stereocenters. The molecular formula is C20H21N5O. The third-order valence-electron chi connectivity index (χ3n) is 4.25. The number of pyridine rings is 1. The van der Waals surface area contributed by atoms with Crippen molar-refractivity contribution in [2.45, 2.75) is 6.54 Å². The predicted molar refractivity (Wildman–Crippen MR) is 102 cm³/mol. The minimum Gasteiger partial charge on any atom is -0.378 e. The van der Waals surface area contributed by atoms with Crippen molar-refractivity contribution < 1.29 is 4.74 Å². The fourth-order valence-corrected chi connectivity index (χ4v) is 2.87. The number of hydrogen-bond acceptors (Lipinski definition) is 6. The van der Waals surface area contributed by atoms with E-state index in [4.69, 9.17) is 14.7 Å². The Morgan fingerprint density at radius 1 is 0.962 bits per heavy atom. The van der Waals surface area contributed by atoms with Gasteiger partial charge < -0.3 is 15.0 Å². The second-order valence-corrected chi connectivity index (χ2v) is 6.08. The van der Waals surface area contributed by atoms with Gasteiger partial charge in [0.05, 0.1) is 31.1 Å². The first-order valence-corrected chi connectivity index (χ1v) is 8.79. The molecule has 26 heavy (non-hydrogen) atoms. The van der Waals surface area contributed by atoms with E-state index in [0.29, 0.717) is 19.8 Å². The normalized spacial score (nSPS) is 14.2. The molecular weight excluding hydrogens is 326 g/mol. The molecule has 0 saturated carbocycles. The maximum atomic E-state index is 5.45. The standard InChI is InChI=1S/C20H21N5O/c1-2-6-16(7-3-1)18-14-19(22-15-17-8-4-5-9-21-17)24-20(23-18)25-10-12-26-13-11-25/h1-9,14H,10-13,15H2,(H,22,23,24). The van der Waals surface area contributed by atoms with Gasteiger partial charge in [0.2, 0.25) is 5.95 Å². The summed E-state index contributed by atoms with van der Waals surface area (Å²) in [5, 5.41) is 3.38. The van der Waals surface area contributed by atoms with Crippen molar-refractivity contribution in [3.8, 4) is 11.3 Å². The van der Waals surface area contributed by atoms with Crippen LogP contribution in [0.1, 0.15) is 5.69 Å². The van der Waals surface area contributed by atoms with Gasteiger partial charge in [0.15, 0.2) is 0 Å². The molecule has 0 amide bonds. The Bertz CT molecular complexity index is 835. The lowest BCUT2D eigenvalue weighted by molar-refractivity contribution is 0.122. The van der Waals surface area contributed by atoms with Crippen LogP contribution in [0.2, 0.25) is 0 Å². The van der Waals surface area contributed by atoms with E-state index in [1.165, 1.54) is 0 Å². The predicted octanol–water partition coefficient (Wildman–Crippen LogP) is 2.99. The molecule has 0 bridgehead atoms. The number of benzene rings is 1. The monoisotopic (exact) mass is 347 g/mol. The molecule has 132 valence electrons. The number of nitrogens with zero attached hydrogens (tertiary/aromatic N) is 4. The number of ether oxygens (including phenoxy) is 1. The van der Waals surface area contributed by atoms with Gasteiger partial charge in [-0.05, 0) is 12.1 Å². The molecule has 3 heterocycles. The van der Waals surface area contributed by atoms with Crippen molar-refractivity contribution in [3.63, 3.8) is 0 Å². The van der Waals surface area contributed by atoms with E-state index < -0.39 is 0 Å². The van der Waals surface area contributed by atoms with Gasteiger partial charge in [0.25, 0.3) is 0 Å². The van der Waals surface area contributed by atoms with Crippen LogP contribution in [-0.2, 0) is 11.3 Å². The minimum atomic E-state index is 0.620. The van der Waals surface area contributed by atoms with Crippen LogP contribution in [0.4, 0.5) is 11.8 Å². The van der Waals surface area contributed by atoms with Crippen LogP contribution in [0.5, 0.6) is 0 Å². The van der Waals surface area contributed by atoms with Gasteiger partial charge in [-0.1, -0.05) is 36.4 Å². The summed E-state index contributed by atoms with van der Waals surface area (Å²) in [7, 11) is 0. The van der Waals surface area contributed by atoms with Crippen molar-refractivity contribution in [3.05, 3.63) is 66.5 Å². The van der Waals surface area contributed by atoms with Crippen molar-refractivity contribution in [2.24, 2.45) is 0 Å². The van der Waals surface area contributed by atoms with E-state index in [0.717, 1.165) is 41.8 Å². The molecule has 0 unspecified atom stereocenters. The second kappa shape index (κ2) is 7.93. The van der Waals surface area contributed by atoms with Gasteiger partial charge in [-0.2, -0.15) is 4.98 Å². The average Bonchev–Trinajstić information content (AvgIpc) is 2.74. The highest BCUT2D eigenvalue weighted by Gasteiger charge is 2.16. The maximum Gasteiger partial charge on any atom is 0.228 e. The quantitative estimate of drug-likeness (QED) is 0.765. The Hall–Kier alpha value is -2.99. The third kappa shape index (κ3) is 3.97. The number of hydrogen-bond donors (Lipinski definition) is 1. The maximum absolute atomic E-state index is 5.45. The summed E-state index contributed by atoms with van der Waals surface area (Å²) in [6.45, 7) is 3.63. The SMILES string of the molecule is c1ccc(-c2cc(NCc3ccccn3)nc(N3CCOCC3)n2)cc1. The van der Waals surface area contributed by atoms with Crippen molar-refractivity contribution in [1.82, 2.24) is 15.0 Å². The summed E-state index contributed by atoms with van der Waals surface area (Å²) < 4.78 is 5.45. The number of anilines is 2. The van der Waals surface area contributed by atoms with Crippen molar-refractivity contribution in [1.29, 1.82) is 0 Å². The van der Waals surface area contributed by atoms with E-state index in [1.54, 1.807) is 6.20 Å². The topological polar surface area (TPSA) is 63.2 Å². The lowest BCUT2D eigenvalue weighted by Crippen LogP contribution is -2.37. The highest BCUT2D eigenvalue weighted by Crippen LogP contribution is 2.23. The molecule has 4 rings (SSSR count). The summed E-state index contributed by atoms with van der Waals surface area (Å²) in [6, 6.07) is 18.1. The van der Waals surface area contributed by atoms with Gasteiger partial charge in [-0.15, -0.1) is 0 Å². The fourth-order valence-electron chi connectivity index (χ4n) is 2.87. The summed E-state index contributed by atoms with van der Waals surface area (Å²) in [6.07, 6.45) is 1.80. The molecule has 1 aromatic carbocycles. The largest absolute Gasteiger partial charge is 0.378 e. The fraction of sp³-hybridized carbons (Fsp3) is 0.250. The second-order valence-electron chi connectivity index (χ2n) is 6.08. The molecule has 1 N–H and O–H groups in total. The molecule has 1 saturated heterocycles. The zero-order chi connectivity index (χ0) is 17.6. The third-order valence-corrected chi connectivity index (χ3v) is 4.25. The van der Waals surface area contributed by atoms with Gasteiger partial charge in [0.1, 0.15) is 5.82 Å². The number of rotatable bonds is 5. The minimum absolute atomic E-state index is 0.620. The van der Waals surface area contributed by atoms with E-state index in [2.05, 4.69) is 27.3 Å². The molecule has 6 heteroatoms. The zero-order valence-electron chi connectivity index (χ0n) is 14.5. The molecule has 1 aliphatic rings. The Balaban J connectivity index is 1.63. The number of aromatic nitrogens is 3. The number of morpholine rings is 1. The highest BCUT2D eigenvalue weighted by molar-refractivity contribution is 5.64. The van der Waals surface area contributed by atoms with Gasteiger partial charge in [-0.25, -0.2) is 4.98 Å². The van der Waals surface area contributed by atoms with Crippen LogP contribution in [0.15, 0.2) is 60.8 Å². The molecule has 1 aliphatic heterocycles. The van der Waals surface area contributed by atoms with Crippen molar-refractivity contribution in [2.75, 3.05) is 36.5 Å². The average molecular weight is 347 g/mol. The summed E-state index contributed by atoms with van der Waals surface area (Å²) in [4.78, 5) is 16.0. The molecule has 0 spiro atoms. The molecule has 0 aliphatic carbocycles. The van der Waals surface area contributed by atoms with Gasteiger partial charge in [0, 0.05) is 30.9 Å². The Morgan fingerprint density at radius 2 is 1.77 bits per heavy atom. The summed E-state index contributed by atoms with van der Waals surface area (Å²) in [5.74, 6) is 1.53. The molecule has 0 radical (unpaired) electrons. The first-order valence-electron chi connectivity index (χ1n) is 8.79. The van der Waals surface area contributed by atoms with E-state index in [-0.39, 0.29) is 0 Å². The Kier molecular flexibility index (Phi) is 5.02. The summed E-state index contributed by atoms with van der Waals surface area (Å²) >= 11 is 0. The van der Waals surface area contributed by atoms with Crippen LogP contribution in [0.3, 0.4) is 0 Å². The van der Waals surface area contributed by atoms with E-state index in [9.17, 15) is 0 Å². The Labute approximate surface area is 152 Å². The van der Waals surface area contributed by atoms with E-state index in [1.807, 2.05) is 42.5 Å².